The largest absolute Gasteiger partial charge is 0.465 e. The summed E-state index contributed by atoms with van der Waals surface area (Å²) in [7, 11) is 1.24. The molecule has 0 atom stereocenters. The topological polar surface area (TPSA) is 84.0 Å². The molecule has 0 bridgehead atoms. The van der Waals surface area contributed by atoms with E-state index in [1.165, 1.54) is 24.2 Å². The predicted molar refractivity (Wildman–Crippen MR) is 123 cm³/mol. The molecule has 33 heavy (non-hydrogen) atoms. The van der Waals surface area contributed by atoms with Crippen LogP contribution in [0.1, 0.15) is 36.6 Å². The van der Waals surface area contributed by atoms with Crippen LogP contribution in [0.2, 0.25) is 0 Å². The van der Waals surface area contributed by atoms with Crippen LogP contribution in [0.25, 0.3) is 6.08 Å². The standard InChI is InChI=1S/C26H20N2O5/c1-33-26(32)21-13-7-8-14-22(21)27(23(29)16-15-18-9-3-2-4-10-18)17-28-24(30)19-11-5-6-12-20(19)25(28)31/h2-16H,17H2,1H3/b16-15+. The fourth-order valence-electron chi connectivity index (χ4n) is 3.59. The predicted octanol–water partition coefficient (Wildman–Crippen LogP) is 3.77. The Labute approximate surface area is 190 Å². The van der Waals surface area contributed by atoms with Gasteiger partial charge in [-0.2, -0.15) is 0 Å². The Balaban J connectivity index is 1.72. The first-order valence-electron chi connectivity index (χ1n) is 10.2. The fourth-order valence-corrected chi connectivity index (χ4v) is 3.59. The van der Waals surface area contributed by atoms with E-state index in [1.807, 2.05) is 30.3 Å². The third kappa shape index (κ3) is 4.29. The number of carbonyl (C=O) groups excluding carboxylic acids is 4. The summed E-state index contributed by atoms with van der Waals surface area (Å²) in [4.78, 5) is 53.7. The Morgan fingerprint density at radius 1 is 0.848 bits per heavy atom. The normalized spacial score (nSPS) is 12.7. The second-order valence-electron chi connectivity index (χ2n) is 7.24. The van der Waals surface area contributed by atoms with Crippen molar-refractivity contribution in [2.24, 2.45) is 0 Å². The number of amides is 3. The fraction of sp³-hybridized carbons (Fsp3) is 0.0769. The maximum atomic E-state index is 13.3. The van der Waals surface area contributed by atoms with Crippen LogP contribution in [0, 0.1) is 0 Å². The second-order valence-corrected chi connectivity index (χ2v) is 7.24. The maximum absolute atomic E-state index is 13.3. The highest BCUT2D eigenvalue weighted by Crippen LogP contribution is 2.27. The Morgan fingerprint density at radius 2 is 1.42 bits per heavy atom. The summed E-state index contributed by atoms with van der Waals surface area (Å²) in [6, 6.07) is 22.1. The number of hydrogen-bond acceptors (Lipinski definition) is 5. The van der Waals surface area contributed by atoms with E-state index in [0.717, 1.165) is 10.5 Å². The highest BCUT2D eigenvalue weighted by Gasteiger charge is 2.37. The number of anilines is 1. The number of nitrogens with zero attached hydrogens (tertiary/aromatic N) is 2. The van der Waals surface area contributed by atoms with Gasteiger partial charge in [0.2, 0.25) is 0 Å². The summed E-state index contributed by atoms with van der Waals surface area (Å²) in [5.41, 5.74) is 1.71. The molecule has 0 spiro atoms. The number of fused-ring (bicyclic) bond motifs is 1. The number of hydrogen-bond donors (Lipinski definition) is 0. The van der Waals surface area contributed by atoms with Crippen molar-refractivity contribution in [1.82, 2.24) is 4.90 Å². The molecule has 0 N–H and O–H groups in total. The Hall–Kier alpha value is -4.52. The van der Waals surface area contributed by atoms with Gasteiger partial charge >= 0.3 is 5.97 Å². The van der Waals surface area contributed by atoms with Crippen LogP contribution in [0.3, 0.4) is 0 Å². The molecule has 0 aliphatic carbocycles. The Kier molecular flexibility index (Phi) is 6.13. The zero-order valence-corrected chi connectivity index (χ0v) is 17.8. The lowest BCUT2D eigenvalue weighted by Crippen LogP contribution is -2.44. The third-order valence-corrected chi connectivity index (χ3v) is 5.25. The van der Waals surface area contributed by atoms with Crippen LogP contribution in [0.15, 0.2) is 84.9 Å². The summed E-state index contributed by atoms with van der Waals surface area (Å²) in [5.74, 6) is -2.16. The number of esters is 1. The highest BCUT2D eigenvalue weighted by molar-refractivity contribution is 6.22. The highest BCUT2D eigenvalue weighted by atomic mass is 16.5. The number of ether oxygens (including phenoxy) is 1. The van der Waals surface area contributed by atoms with E-state index in [1.54, 1.807) is 48.5 Å². The van der Waals surface area contributed by atoms with Crippen molar-refractivity contribution < 1.29 is 23.9 Å². The molecule has 164 valence electrons. The van der Waals surface area contributed by atoms with Crippen LogP contribution in [0.4, 0.5) is 5.69 Å². The first kappa shape index (κ1) is 21.7. The average molecular weight is 440 g/mol. The lowest BCUT2D eigenvalue weighted by molar-refractivity contribution is -0.114. The van der Waals surface area contributed by atoms with Gasteiger partial charge < -0.3 is 4.74 Å². The number of benzene rings is 3. The Bertz CT molecular complexity index is 1230. The van der Waals surface area contributed by atoms with Gasteiger partial charge in [-0.3, -0.25) is 24.2 Å². The van der Waals surface area contributed by atoms with E-state index in [-0.39, 0.29) is 29.0 Å². The van der Waals surface area contributed by atoms with E-state index >= 15 is 0 Å². The third-order valence-electron chi connectivity index (χ3n) is 5.25. The van der Waals surface area contributed by atoms with Gasteiger partial charge in [-0.15, -0.1) is 0 Å². The molecule has 7 heteroatoms. The first-order valence-corrected chi connectivity index (χ1v) is 10.2. The number of methoxy groups -OCH3 is 1. The van der Waals surface area contributed by atoms with Crippen LogP contribution in [-0.4, -0.2) is 42.4 Å². The molecule has 1 aliphatic rings. The smallest absolute Gasteiger partial charge is 0.339 e. The van der Waals surface area contributed by atoms with Crippen LogP contribution < -0.4 is 4.90 Å². The molecule has 0 saturated carbocycles. The molecule has 0 unspecified atom stereocenters. The first-order chi connectivity index (χ1) is 16.0. The molecule has 4 rings (SSSR count). The van der Waals surface area contributed by atoms with Crippen molar-refractivity contribution in [3.63, 3.8) is 0 Å². The molecular weight excluding hydrogens is 420 g/mol. The van der Waals surface area contributed by atoms with Gasteiger partial charge in [-0.05, 0) is 35.9 Å². The Morgan fingerprint density at radius 3 is 2.06 bits per heavy atom. The van der Waals surface area contributed by atoms with Gasteiger partial charge in [0.05, 0.1) is 29.5 Å². The summed E-state index contributed by atoms with van der Waals surface area (Å²) >= 11 is 0. The monoisotopic (exact) mass is 440 g/mol. The van der Waals surface area contributed by atoms with Crippen LogP contribution in [-0.2, 0) is 9.53 Å². The lowest BCUT2D eigenvalue weighted by Gasteiger charge is -2.27. The minimum atomic E-state index is -0.641. The molecule has 1 aliphatic heterocycles. The minimum Gasteiger partial charge on any atom is -0.465 e. The maximum Gasteiger partial charge on any atom is 0.339 e. The molecule has 0 saturated heterocycles. The number of rotatable bonds is 6. The van der Waals surface area contributed by atoms with Crippen LogP contribution in [0.5, 0.6) is 0 Å². The van der Waals surface area contributed by atoms with Crippen molar-refractivity contribution in [2.45, 2.75) is 0 Å². The van der Waals surface area contributed by atoms with E-state index in [4.69, 9.17) is 4.74 Å². The van der Waals surface area contributed by atoms with Gasteiger partial charge in [0.25, 0.3) is 17.7 Å². The van der Waals surface area contributed by atoms with Gasteiger partial charge in [0, 0.05) is 6.08 Å². The quantitative estimate of drug-likeness (QED) is 0.331. The number of para-hydroxylation sites is 1. The lowest BCUT2D eigenvalue weighted by atomic mass is 10.1. The second kappa shape index (κ2) is 9.32. The average Bonchev–Trinajstić information content (AvgIpc) is 3.10. The SMILES string of the molecule is COC(=O)c1ccccc1N(CN1C(=O)c2ccccc2C1=O)C(=O)/C=C/c1ccccc1. The zero-order valence-electron chi connectivity index (χ0n) is 17.8. The molecule has 7 nitrogen and oxygen atoms in total. The summed E-state index contributed by atoms with van der Waals surface area (Å²) in [5, 5.41) is 0. The molecule has 1 heterocycles. The molecule has 3 aromatic carbocycles. The summed E-state index contributed by atoms with van der Waals surface area (Å²) in [6.07, 6.45) is 2.96. The zero-order chi connectivity index (χ0) is 23.4. The van der Waals surface area contributed by atoms with Gasteiger partial charge in [-0.1, -0.05) is 54.6 Å². The number of carbonyl (C=O) groups is 4. The molecule has 3 aromatic rings. The van der Waals surface area contributed by atoms with Gasteiger partial charge in [-0.25, -0.2) is 4.79 Å². The van der Waals surface area contributed by atoms with E-state index in [2.05, 4.69) is 0 Å². The van der Waals surface area contributed by atoms with Crippen molar-refractivity contribution in [3.8, 4) is 0 Å². The molecule has 0 radical (unpaired) electrons. The molecule has 3 amide bonds. The van der Waals surface area contributed by atoms with Crippen molar-refractivity contribution >= 4 is 35.5 Å². The summed E-state index contributed by atoms with van der Waals surface area (Å²) < 4.78 is 4.86. The van der Waals surface area contributed by atoms with E-state index in [9.17, 15) is 19.2 Å². The summed E-state index contributed by atoms with van der Waals surface area (Å²) in [6.45, 7) is -0.363. The molecular formula is C26H20N2O5. The van der Waals surface area contributed by atoms with Gasteiger partial charge in [0.1, 0.15) is 6.67 Å². The van der Waals surface area contributed by atoms with Crippen molar-refractivity contribution in [2.75, 3.05) is 18.7 Å². The van der Waals surface area contributed by atoms with Gasteiger partial charge in [0.15, 0.2) is 0 Å². The van der Waals surface area contributed by atoms with E-state index in [0.29, 0.717) is 0 Å². The van der Waals surface area contributed by atoms with Crippen molar-refractivity contribution in [3.05, 3.63) is 107 Å². The van der Waals surface area contributed by atoms with Crippen molar-refractivity contribution in [1.29, 1.82) is 0 Å². The van der Waals surface area contributed by atoms with E-state index < -0.39 is 23.7 Å². The van der Waals surface area contributed by atoms with Crippen LogP contribution >= 0.6 is 0 Å². The minimum absolute atomic E-state index is 0.137. The number of imide groups is 1. The molecule has 0 fully saturated rings. The molecule has 0 aromatic heterocycles.